The van der Waals surface area contributed by atoms with E-state index >= 15 is 0 Å². The number of rotatable bonds is 2. The van der Waals surface area contributed by atoms with Crippen molar-refractivity contribution in [2.75, 3.05) is 6.54 Å². The quantitative estimate of drug-likeness (QED) is 0.676. The van der Waals surface area contributed by atoms with Gasteiger partial charge in [0.25, 0.3) is 0 Å². The van der Waals surface area contributed by atoms with Crippen LogP contribution in [0.5, 0.6) is 0 Å². The lowest BCUT2D eigenvalue weighted by Gasteiger charge is -2.13. The molecule has 2 N–H and O–H groups in total. The molecule has 12 heavy (non-hydrogen) atoms. The van der Waals surface area contributed by atoms with Gasteiger partial charge in [0.15, 0.2) is 0 Å². The van der Waals surface area contributed by atoms with Gasteiger partial charge < -0.3 is 10.6 Å². The maximum atomic E-state index is 11.3. The smallest absolute Gasteiger partial charge is 0.237 e. The highest BCUT2D eigenvalue weighted by atomic mass is 35.5. The van der Waals surface area contributed by atoms with E-state index in [1.807, 2.05) is 13.8 Å². The topological polar surface area (TPSA) is 41.1 Å². The average molecular weight is 193 g/mol. The van der Waals surface area contributed by atoms with Crippen LogP contribution in [0.1, 0.15) is 26.7 Å². The molecule has 0 aromatic carbocycles. The molecule has 1 fully saturated rings. The molecule has 0 aliphatic carbocycles. The average Bonchev–Trinajstić information content (AvgIpc) is 2.35. The van der Waals surface area contributed by atoms with Gasteiger partial charge in [0.2, 0.25) is 5.91 Å². The highest BCUT2D eigenvalue weighted by Crippen LogP contribution is 2.04. The molecule has 0 bridgehead atoms. The van der Waals surface area contributed by atoms with Crippen LogP contribution < -0.4 is 10.6 Å². The molecule has 0 spiro atoms. The molecular weight excluding hydrogens is 176 g/mol. The van der Waals surface area contributed by atoms with E-state index in [1.54, 1.807) is 0 Å². The number of halogens is 1. The largest absolute Gasteiger partial charge is 0.353 e. The summed E-state index contributed by atoms with van der Waals surface area (Å²) in [4.78, 5) is 11.3. The molecule has 3 nitrogen and oxygen atoms in total. The van der Waals surface area contributed by atoms with Gasteiger partial charge in [-0.3, -0.25) is 4.79 Å². The Hall–Kier alpha value is -0.280. The molecular formula is C8H17ClN2O. The van der Waals surface area contributed by atoms with Gasteiger partial charge in [0.1, 0.15) is 0 Å². The molecule has 0 radical (unpaired) electrons. The minimum atomic E-state index is 0. The maximum Gasteiger partial charge on any atom is 0.237 e. The zero-order valence-corrected chi connectivity index (χ0v) is 8.41. The Morgan fingerprint density at radius 2 is 2.25 bits per heavy atom. The van der Waals surface area contributed by atoms with Crippen LogP contribution in [0.15, 0.2) is 0 Å². The molecule has 1 unspecified atom stereocenters. The number of hydrogen-bond acceptors (Lipinski definition) is 2. The summed E-state index contributed by atoms with van der Waals surface area (Å²) < 4.78 is 0. The van der Waals surface area contributed by atoms with Gasteiger partial charge in [-0.05, 0) is 33.2 Å². The number of nitrogens with one attached hydrogen (secondary N) is 2. The van der Waals surface area contributed by atoms with E-state index in [2.05, 4.69) is 10.6 Å². The minimum absolute atomic E-state index is 0. The molecule has 1 heterocycles. The van der Waals surface area contributed by atoms with E-state index in [1.165, 1.54) is 0 Å². The third kappa shape index (κ3) is 3.41. The van der Waals surface area contributed by atoms with Crippen molar-refractivity contribution in [3.63, 3.8) is 0 Å². The first-order chi connectivity index (χ1) is 5.20. The van der Waals surface area contributed by atoms with Crippen molar-refractivity contribution < 1.29 is 4.79 Å². The van der Waals surface area contributed by atoms with Crippen LogP contribution >= 0.6 is 12.4 Å². The highest BCUT2D eigenvalue weighted by molar-refractivity contribution is 5.85. The zero-order chi connectivity index (χ0) is 8.27. The van der Waals surface area contributed by atoms with Gasteiger partial charge in [-0.1, -0.05) is 0 Å². The SMILES string of the molecule is CC(C)NC(=O)C1CCCN1.Cl. The predicted octanol–water partition coefficient (Wildman–Crippen LogP) is 0.685. The fraction of sp³-hybridized carbons (Fsp3) is 0.875. The second-order valence-corrected chi connectivity index (χ2v) is 3.31. The predicted molar refractivity (Wildman–Crippen MR) is 51.6 cm³/mol. The normalized spacial score (nSPS) is 22.1. The third-order valence-electron chi connectivity index (χ3n) is 1.81. The van der Waals surface area contributed by atoms with Crippen LogP contribution in [-0.2, 0) is 4.79 Å². The van der Waals surface area contributed by atoms with Gasteiger partial charge in [-0.25, -0.2) is 0 Å². The van der Waals surface area contributed by atoms with Gasteiger partial charge in [0, 0.05) is 6.04 Å². The first-order valence-electron chi connectivity index (χ1n) is 4.24. The van der Waals surface area contributed by atoms with Crippen LogP contribution in [0.25, 0.3) is 0 Å². The highest BCUT2D eigenvalue weighted by Gasteiger charge is 2.21. The lowest BCUT2D eigenvalue weighted by atomic mass is 10.2. The van der Waals surface area contributed by atoms with Crippen LogP contribution in [0.2, 0.25) is 0 Å². The van der Waals surface area contributed by atoms with Crippen molar-refractivity contribution >= 4 is 18.3 Å². The van der Waals surface area contributed by atoms with Crippen LogP contribution in [0.3, 0.4) is 0 Å². The lowest BCUT2D eigenvalue weighted by molar-refractivity contribution is -0.123. The molecule has 1 amide bonds. The van der Waals surface area contributed by atoms with Crippen molar-refractivity contribution in [3.8, 4) is 0 Å². The fourth-order valence-corrected chi connectivity index (χ4v) is 1.29. The summed E-state index contributed by atoms with van der Waals surface area (Å²) in [5.41, 5.74) is 0. The number of carbonyl (C=O) groups is 1. The molecule has 1 atom stereocenters. The summed E-state index contributed by atoms with van der Waals surface area (Å²) in [6, 6.07) is 0.322. The Balaban J connectivity index is 0.00000121. The molecule has 72 valence electrons. The maximum absolute atomic E-state index is 11.3. The van der Waals surface area contributed by atoms with Crippen LogP contribution in [0, 0.1) is 0 Å². The standard InChI is InChI=1S/C8H16N2O.ClH/c1-6(2)10-8(11)7-4-3-5-9-7;/h6-7,9H,3-5H2,1-2H3,(H,10,11);1H. The second kappa shape index (κ2) is 5.38. The summed E-state index contributed by atoms with van der Waals surface area (Å²) in [5.74, 6) is 0.150. The molecule has 4 heteroatoms. The molecule has 1 saturated heterocycles. The van der Waals surface area contributed by atoms with E-state index < -0.39 is 0 Å². The Morgan fingerprint density at radius 1 is 1.58 bits per heavy atom. The Morgan fingerprint density at radius 3 is 2.67 bits per heavy atom. The Bertz CT molecular complexity index is 144. The second-order valence-electron chi connectivity index (χ2n) is 3.31. The van der Waals surface area contributed by atoms with Gasteiger partial charge in [-0.15, -0.1) is 12.4 Å². The molecule has 0 saturated carbocycles. The van der Waals surface area contributed by atoms with Gasteiger partial charge >= 0.3 is 0 Å². The molecule has 1 aliphatic heterocycles. The first-order valence-corrected chi connectivity index (χ1v) is 4.24. The van der Waals surface area contributed by atoms with Crippen molar-refractivity contribution in [3.05, 3.63) is 0 Å². The summed E-state index contributed by atoms with van der Waals surface area (Å²) in [7, 11) is 0. The van der Waals surface area contributed by atoms with E-state index in [-0.39, 0.29) is 30.4 Å². The minimum Gasteiger partial charge on any atom is -0.353 e. The molecule has 0 aromatic heterocycles. The number of amides is 1. The van der Waals surface area contributed by atoms with Crippen molar-refractivity contribution in [2.45, 2.75) is 38.8 Å². The zero-order valence-electron chi connectivity index (χ0n) is 7.59. The summed E-state index contributed by atoms with van der Waals surface area (Å²) in [6.45, 7) is 4.94. The lowest BCUT2D eigenvalue weighted by Crippen LogP contribution is -2.43. The summed E-state index contributed by atoms with van der Waals surface area (Å²) in [5, 5.41) is 6.03. The summed E-state index contributed by atoms with van der Waals surface area (Å²) in [6.07, 6.45) is 2.11. The van der Waals surface area contributed by atoms with Crippen molar-refractivity contribution in [1.82, 2.24) is 10.6 Å². The van der Waals surface area contributed by atoms with Crippen molar-refractivity contribution in [1.29, 1.82) is 0 Å². The van der Waals surface area contributed by atoms with Crippen LogP contribution in [-0.4, -0.2) is 24.5 Å². The Labute approximate surface area is 79.7 Å². The van der Waals surface area contributed by atoms with E-state index in [0.717, 1.165) is 19.4 Å². The van der Waals surface area contributed by atoms with Gasteiger partial charge in [-0.2, -0.15) is 0 Å². The van der Waals surface area contributed by atoms with E-state index in [9.17, 15) is 4.79 Å². The Kier molecular flexibility index (Phi) is 5.25. The van der Waals surface area contributed by atoms with Gasteiger partial charge in [0.05, 0.1) is 6.04 Å². The molecule has 1 aliphatic rings. The first kappa shape index (κ1) is 11.7. The number of hydrogen-bond donors (Lipinski definition) is 2. The molecule has 0 aromatic rings. The van der Waals surface area contributed by atoms with E-state index in [0.29, 0.717) is 0 Å². The number of carbonyl (C=O) groups excluding carboxylic acids is 1. The molecule has 1 rings (SSSR count). The van der Waals surface area contributed by atoms with Crippen molar-refractivity contribution in [2.24, 2.45) is 0 Å². The van der Waals surface area contributed by atoms with Crippen LogP contribution in [0.4, 0.5) is 0 Å². The summed E-state index contributed by atoms with van der Waals surface area (Å²) >= 11 is 0. The third-order valence-corrected chi connectivity index (χ3v) is 1.81. The monoisotopic (exact) mass is 192 g/mol. The van der Waals surface area contributed by atoms with E-state index in [4.69, 9.17) is 0 Å². The fourth-order valence-electron chi connectivity index (χ4n) is 1.29.